The summed E-state index contributed by atoms with van der Waals surface area (Å²) >= 11 is 3.09. The van der Waals surface area contributed by atoms with Crippen molar-refractivity contribution in [3.63, 3.8) is 0 Å². The summed E-state index contributed by atoms with van der Waals surface area (Å²) in [5.41, 5.74) is 0.420. The van der Waals surface area contributed by atoms with E-state index in [1.807, 2.05) is 0 Å². The maximum absolute atomic E-state index is 13.6. The van der Waals surface area contributed by atoms with Gasteiger partial charge in [0.2, 0.25) is 0 Å². The van der Waals surface area contributed by atoms with Gasteiger partial charge in [0.15, 0.2) is 0 Å². The van der Waals surface area contributed by atoms with Crippen LogP contribution in [0.2, 0.25) is 0 Å². The van der Waals surface area contributed by atoms with E-state index >= 15 is 0 Å². The first-order chi connectivity index (χ1) is 9.95. The van der Waals surface area contributed by atoms with Crippen molar-refractivity contribution in [2.24, 2.45) is 11.8 Å². The summed E-state index contributed by atoms with van der Waals surface area (Å²) in [6, 6.07) is 2.66. The second kappa shape index (κ2) is 6.75. The molecule has 3 unspecified atom stereocenters. The number of halogens is 2. The molecule has 1 saturated carbocycles. The van der Waals surface area contributed by atoms with Crippen LogP contribution < -0.4 is 4.74 Å². The smallest absolute Gasteiger partial charge is 0.306 e. The number of aliphatic carboxylic acids is 1. The standard InChI is InChI=1S/C15H18BrFO4/c1-21-13-7-12(17)11(16)6-10(13)14(18)8-4-2-3-5-9(8)15(19)20/h6-9,14,18H,2-5H2,1H3,(H,19,20). The predicted octanol–water partition coefficient (Wildman–Crippen LogP) is 3.52. The minimum Gasteiger partial charge on any atom is -0.496 e. The number of carboxylic acids is 1. The topological polar surface area (TPSA) is 66.8 Å². The predicted molar refractivity (Wildman–Crippen MR) is 78.7 cm³/mol. The number of benzene rings is 1. The highest BCUT2D eigenvalue weighted by Crippen LogP contribution is 2.42. The Hall–Kier alpha value is -1.14. The Morgan fingerprint density at radius 3 is 2.71 bits per heavy atom. The largest absolute Gasteiger partial charge is 0.496 e. The Morgan fingerprint density at radius 1 is 1.43 bits per heavy atom. The van der Waals surface area contributed by atoms with Crippen LogP contribution >= 0.6 is 15.9 Å². The maximum Gasteiger partial charge on any atom is 0.306 e. The average Bonchev–Trinajstić information content (AvgIpc) is 2.48. The van der Waals surface area contributed by atoms with Crippen molar-refractivity contribution in [2.45, 2.75) is 31.8 Å². The third kappa shape index (κ3) is 3.37. The molecule has 1 aliphatic carbocycles. The minimum atomic E-state index is -0.988. The zero-order chi connectivity index (χ0) is 15.6. The number of hydrogen-bond acceptors (Lipinski definition) is 3. The molecule has 1 aliphatic rings. The molecule has 2 rings (SSSR count). The van der Waals surface area contributed by atoms with E-state index in [1.165, 1.54) is 19.2 Å². The van der Waals surface area contributed by atoms with Gasteiger partial charge in [-0.05, 0) is 34.8 Å². The third-order valence-electron chi connectivity index (χ3n) is 4.13. The van der Waals surface area contributed by atoms with E-state index in [0.29, 0.717) is 18.4 Å². The summed E-state index contributed by atoms with van der Waals surface area (Å²) in [5, 5.41) is 19.9. The fourth-order valence-electron chi connectivity index (χ4n) is 3.03. The van der Waals surface area contributed by atoms with Crippen molar-refractivity contribution >= 4 is 21.9 Å². The Balaban J connectivity index is 2.35. The van der Waals surface area contributed by atoms with Crippen LogP contribution in [-0.2, 0) is 4.79 Å². The summed E-state index contributed by atoms with van der Waals surface area (Å²) in [7, 11) is 1.40. The van der Waals surface area contributed by atoms with Gasteiger partial charge in [-0.3, -0.25) is 4.79 Å². The van der Waals surface area contributed by atoms with Crippen LogP contribution in [0.4, 0.5) is 4.39 Å². The van der Waals surface area contributed by atoms with Crippen molar-refractivity contribution < 1.29 is 24.1 Å². The number of aliphatic hydroxyl groups is 1. The Kier molecular flexibility index (Phi) is 5.22. The zero-order valence-corrected chi connectivity index (χ0v) is 13.3. The summed E-state index contributed by atoms with van der Waals surface area (Å²) in [6.07, 6.45) is 1.94. The quantitative estimate of drug-likeness (QED) is 0.861. The first-order valence-electron chi connectivity index (χ1n) is 6.89. The molecule has 1 aromatic carbocycles. The van der Waals surface area contributed by atoms with Crippen LogP contribution in [0.5, 0.6) is 5.75 Å². The lowest BCUT2D eigenvalue weighted by Crippen LogP contribution is -2.31. The number of ether oxygens (including phenoxy) is 1. The molecule has 4 nitrogen and oxygen atoms in total. The lowest BCUT2D eigenvalue weighted by molar-refractivity contribution is -0.147. The van der Waals surface area contributed by atoms with Crippen LogP contribution in [0.1, 0.15) is 37.4 Å². The summed E-state index contributed by atoms with van der Waals surface area (Å²) in [5.74, 6) is -2.11. The molecule has 2 N–H and O–H groups in total. The van der Waals surface area contributed by atoms with Gasteiger partial charge in [0.25, 0.3) is 0 Å². The number of carbonyl (C=O) groups is 1. The van der Waals surface area contributed by atoms with E-state index in [-0.39, 0.29) is 16.1 Å². The SMILES string of the molecule is COc1cc(F)c(Br)cc1C(O)C1CCCCC1C(=O)O. The van der Waals surface area contributed by atoms with Gasteiger partial charge >= 0.3 is 5.97 Å². The molecule has 1 aromatic rings. The van der Waals surface area contributed by atoms with Gasteiger partial charge in [-0.2, -0.15) is 0 Å². The highest BCUT2D eigenvalue weighted by Gasteiger charge is 2.37. The van der Waals surface area contributed by atoms with Crippen LogP contribution in [0.25, 0.3) is 0 Å². The molecule has 3 atom stereocenters. The summed E-state index contributed by atoms with van der Waals surface area (Å²) in [4.78, 5) is 11.4. The minimum absolute atomic E-state index is 0.222. The lowest BCUT2D eigenvalue weighted by Gasteiger charge is -2.33. The Labute approximate surface area is 131 Å². The number of rotatable bonds is 4. The molecular weight excluding hydrogens is 343 g/mol. The third-order valence-corrected chi connectivity index (χ3v) is 4.74. The Morgan fingerprint density at radius 2 is 2.10 bits per heavy atom. The molecule has 0 spiro atoms. The molecular formula is C15H18BrFO4. The van der Waals surface area contributed by atoms with E-state index in [9.17, 15) is 19.4 Å². The summed E-state index contributed by atoms with van der Waals surface area (Å²) in [6.45, 7) is 0. The van der Waals surface area contributed by atoms with E-state index in [2.05, 4.69) is 15.9 Å². The molecule has 0 aliphatic heterocycles. The first-order valence-corrected chi connectivity index (χ1v) is 7.68. The van der Waals surface area contributed by atoms with Gasteiger partial charge in [-0.25, -0.2) is 4.39 Å². The molecule has 116 valence electrons. The Bertz CT molecular complexity index is 535. The van der Waals surface area contributed by atoms with E-state index in [4.69, 9.17) is 4.74 Å². The molecule has 6 heteroatoms. The van der Waals surface area contributed by atoms with Crippen LogP contribution in [-0.4, -0.2) is 23.3 Å². The van der Waals surface area contributed by atoms with E-state index in [1.54, 1.807) is 0 Å². The summed E-state index contributed by atoms with van der Waals surface area (Å²) < 4.78 is 18.9. The monoisotopic (exact) mass is 360 g/mol. The van der Waals surface area contributed by atoms with Crippen molar-refractivity contribution in [3.8, 4) is 5.75 Å². The molecule has 0 aromatic heterocycles. The van der Waals surface area contributed by atoms with Gasteiger partial charge in [0.05, 0.1) is 23.6 Å². The van der Waals surface area contributed by atoms with Crippen LogP contribution in [0.15, 0.2) is 16.6 Å². The average molecular weight is 361 g/mol. The maximum atomic E-state index is 13.6. The van der Waals surface area contributed by atoms with Crippen molar-refractivity contribution in [1.29, 1.82) is 0 Å². The molecule has 0 radical (unpaired) electrons. The molecule has 21 heavy (non-hydrogen) atoms. The molecule has 0 bridgehead atoms. The fraction of sp³-hybridized carbons (Fsp3) is 0.533. The van der Waals surface area contributed by atoms with Crippen molar-refractivity contribution in [2.75, 3.05) is 7.11 Å². The molecule has 1 fully saturated rings. The highest BCUT2D eigenvalue weighted by molar-refractivity contribution is 9.10. The fourth-order valence-corrected chi connectivity index (χ4v) is 3.39. The van der Waals surface area contributed by atoms with Crippen LogP contribution in [0.3, 0.4) is 0 Å². The second-order valence-corrected chi connectivity index (χ2v) is 6.20. The molecule has 0 amide bonds. The van der Waals surface area contributed by atoms with E-state index < -0.39 is 23.8 Å². The lowest BCUT2D eigenvalue weighted by atomic mass is 9.74. The van der Waals surface area contributed by atoms with Gasteiger partial charge in [-0.1, -0.05) is 12.8 Å². The molecule has 0 saturated heterocycles. The number of carboxylic acid groups (broad SMARTS) is 1. The zero-order valence-electron chi connectivity index (χ0n) is 11.7. The van der Waals surface area contributed by atoms with Gasteiger partial charge in [0.1, 0.15) is 11.6 Å². The number of aliphatic hydroxyl groups excluding tert-OH is 1. The van der Waals surface area contributed by atoms with Crippen molar-refractivity contribution in [1.82, 2.24) is 0 Å². The van der Waals surface area contributed by atoms with Gasteiger partial charge in [-0.15, -0.1) is 0 Å². The van der Waals surface area contributed by atoms with Crippen LogP contribution in [0, 0.1) is 17.7 Å². The normalized spacial score (nSPS) is 23.6. The van der Waals surface area contributed by atoms with Gasteiger partial charge < -0.3 is 14.9 Å². The van der Waals surface area contributed by atoms with Crippen molar-refractivity contribution in [3.05, 3.63) is 28.0 Å². The highest BCUT2D eigenvalue weighted by atomic mass is 79.9. The first kappa shape index (κ1) is 16.2. The van der Waals surface area contributed by atoms with E-state index in [0.717, 1.165) is 12.8 Å². The second-order valence-electron chi connectivity index (χ2n) is 5.35. The van der Waals surface area contributed by atoms with Gasteiger partial charge in [0, 0.05) is 17.5 Å². The number of hydrogen-bond donors (Lipinski definition) is 2. The number of methoxy groups -OCH3 is 1. The molecule has 0 heterocycles.